The first-order valence-electron chi connectivity index (χ1n) is 5.49. The lowest BCUT2D eigenvalue weighted by atomic mass is 10.4. The molecule has 0 unspecified atom stereocenters. The van der Waals surface area contributed by atoms with E-state index in [2.05, 4.69) is 15.2 Å². The van der Waals surface area contributed by atoms with Crippen LogP contribution < -0.4 is 5.32 Å². The highest BCUT2D eigenvalue weighted by Gasteiger charge is 2.41. The summed E-state index contributed by atoms with van der Waals surface area (Å²) in [5, 5.41) is 6.64. The quantitative estimate of drug-likeness (QED) is 0.741. The largest absolute Gasteiger partial charge is 0.365 e. The number of carbonyl (C=O) groups is 1. The number of nitrogens with zero attached hydrogens (tertiary/aromatic N) is 2. The molecular weight excluding hydrogens is 306 g/mol. The average Bonchev–Trinajstić information content (AvgIpc) is 2.74. The summed E-state index contributed by atoms with van der Waals surface area (Å²) in [6.45, 7) is -1.73. The van der Waals surface area contributed by atoms with Crippen LogP contribution in [0.4, 0.5) is 17.6 Å². The molecule has 0 spiro atoms. The average molecular weight is 318 g/mol. The Morgan fingerprint density at radius 1 is 1.55 bits per heavy atom. The Labute approximate surface area is 116 Å². The lowest BCUT2D eigenvalue weighted by Crippen LogP contribution is -2.36. The molecule has 0 saturated carbocycles. The van der Waals surface area contributed by atoms with Crippen LogP contribution in [-0.2, 0) is 16.1 Å². The monoisotopic (exact) mass is 317 g/mol. The number of amides is 1. The SMILES string of the molecule is O=C(COCC(F)(F)C(F)F)NCCn1cc(Cl)cn1. The van der Waals surface area contributed by atoms with Crippen molar-refractivity contribution in [2.45, 2.75) is 18.9 Å². The molecule has 1 N–H and O–H groups in total. The zero-order valence-electron chi connectivity index (χ0n) is 10.2. The Kier molecular flexibility index (Phi) is 6.21. The van der Waals surface area contributed by atoms with E-state index in [1.807, 2.05) is 0 Å². The Hall–Kier alpha value is -1.35. The Morgan fingerprint density at radius 3 is 2.80 bits per heavy atom. The van der Waals surface area contributed by atoms with Crippen LogP contribution in [0.2, 0.25) is 5.02 Å². The lowest BCUT2D eigenvalue weighted by Gasteiger charge is -2.14. The van der Waals surface area contributed by atoms with Gasteiger partial charge in [-0.05, 0) is 0 Å². The van der Waals surface area contributed by atoms with Gasteiger partial charge in [0.15, 0.2) is 0 Å². The van der Waals surface area contributed by atoms with E-state index in [1.165, 1.54) is 17.1 Å². The molecule has 1 heterocycles. The highest BCUT2D eigenvalue weighted by atomic mass is 35.5. The van der Waals surface area contributed by atoms with E-state index in [0.29, 0.717) is 11.6 Å². The van der Waals surface area contributed by atoms with Crippen LogP contribution in [0, 0.1) is 0 Å². The minimum Gasteiger partial charge on any atom is -0.365 e. The summed E-state index contributed by atoms with van der Waals surface area (Å²) in [4.78, 5) is 11.2. The Bertz CT molecular complexity index is 442. The minimum atomic E-state index is -4.26. The van der Waals surface area contributed by atoms with Crippen LogP contribution in [0.15, 0.2) is 12.4 Å². The number of hydrogen-bond acceptors (Lipinski definition) is 3. The molecule has 10 heteroatoms. The van der Waals surface area contributed by atoms with E-state index in [4.69, 9.17) is 11.6 Å². The van der Waals surface area contributed by atoms with Crippen LogP contribution in [-0.4, -0.2) is 47.8 Å². The second-order valence-corrected chi connectivity index (χ2v) is 4.26. The van der Waals surface area contributed by atoms with Crippen molar-refractivity contribution in [3.05, 3.63) is 17.4 Å². The van der Waals surface area contributed by atoms with Gasteiger partial charge in [-0.1, -0.05) is 11.6 Å². The predicted octanol–water partition coefficient (Wildman–Crippen LogP) is 1.57. The van der Waals surface area contributed by atoms with Crippen molar-refractivity contribution in [1.29, 1.82) is 0 Å². The number of hydrogen-bond donors (Lipinski definition) is 1. The summed E-state index contributed by atoms with van der Waals surface area (Å²) < 4.78 is 54.1. The van der Waals surface area contributed by atoms with Crippen molar-refractivity contribution in [3.8, 4) is 0 Å². The maximum absolute atomic E-state index is 12.4. The van der Waals surface area contributed by atoms with E-state index in [9.17, 15) is 22.4 Å². The van der Waals surface area contributed by atoms with Crippen molar-refractivity contribution in [2.24, 2.45) is 0 Å². The van der Waals surface area contributed by atoms with E-state index in [1.54, 1.807) is 0 Å². The molecule has 1 rings (SSSR count). The van der Waals surface area contributed by atoms with Crippen LogP contribution in [0.5, 0.6) is 0 Å². The van der Waals surface area contributed by atoms with Gasteiger partial charge >= 0.3 is 12.3 Å². The molecule has 1 aromatic heterocycles. The number of carbonyl (C=O) groups excluding carboxylic acids is 1. The zero-order chi connectivity index (χ0) is 15.2. The second kappa shape index (κ2) is 7.44. The third-order valence-corrected chi connectivity index (χ3v) is 2.31. The minimum absolute atomic E-state index is 0.172. The molecule has 0 atom stereocenters. The van der Waals surface area contributed by atoms with Gasteiger partial charge in [0.2, 0.25) is 5.91 Å². The van der Waals surface area contributed by atoms with Crippen molar-refractivity contribution in [3.63, 3.8) is 0 Å². The molecule has 5 nitrogen and oxygen atoms in total. The van der Waals surface area contributed by atoms with Gasteiger partial charge in [0, 0.05) is 12.7 Å². The van der Waals surface area contributed by atoms with Crippen molar-refractivity contribution >= 4 is 17.5 Å². The number of alkyl halides is 4. The van der Waals surface area contributed by atoms with E-state index in [-0.39, 0.29) is 6.54 Å². The Morgan fingerprint density at radius 2 is 2.25 bits per heavy atom. The number of ether oxygens (including phenoxy) is 1. The fourth-order valence-electron chi connectivity index (χ4n) is 1.16. The number of nitrogens with one attached hydrogen (secondary N) is 1. The molecule has 1 amide bonds. The molecule has 20 heavy (non-hydrogen) atoms. The van der Waals surface area contributed by atoms with Crippen LogP contribution in [0.25, 0.3) is 0 Å². The lowest BCUT2D eigenvalue weighted by molar-refractivity contribution is -0.168. The second-order valence-electron chi connectivity index (χ2n) is 3.83. The van der Waals surface area contributed by atoms with Crippen molar-refractivity contribution < 1.29 is 27.1 Å². The molecule has 0 fully saturated rings. The van der Waals surface area contributed by atoms with Gasteiger partial charge in [-0.15, -0.1) is 0 Å². The normalized spacial score (nSPS) is 11.9. The third kappa shape index (κ3) is 5.74. The van der Waals surface area contributed by atoms with Gasteiger partial charge in [0.1, 0.15) is 13.2 Å². The molecule has 1 aromatic rings. The van der Waals surface area contributed by atoms with Gasteiger partial charge in [-0.25, -0.2) is 8.78 Å². The first-order chi connectivity index (χ1) is 9.31. The first kappa shape index (κ1) is 16.7. The fourth-order valence-corrected chi connectivity index (χ4v) is 1.32. The standard InChI is InChI=1S/C10H12ClF4N3O2/c11-7-3-17-18(4-7)2-1-16-8(19)5-20-6-10(14,15)9(12)13/h3-4,9H,1-2,5-6H2,(H,16,19). The smallest absolute Gasteiger partial charge is 0.330 e. The highest BCUT2D eigenvalue weighted by molar-refractivity contribution is 6.30. The van der Waals surface area contributed by atoms with Gasteiger partial charge < -0.3 is 10.1 Å². The van der Waals surface area contributed by atoms with E-state index < -0.39 is 31.5 Å². The number of halogens is 5. The van der Waals surface area contributed by atoms with E-state index >= 15 is 0 Å². The summed E-state index contributed by atoms with van der Waals surface area (Å²) in [5.74, 6) is -4.94. The van der Waals surface area contributed by atoms with Gasteiger partial charge in [-0.2, -0.15) is 13.9 Å². The molecule has 0 radical (unpaired) electrons. The van der Waals surface area contributed by atoms with E-state index in [0.717, 1.165) is 0 Å². The third-order valence-electron chi connectivity index (χ3n) is 2.11. The zero-order valence-corrected chi connectivity index (χ0v) is 10.9. The maximum atomic E-state index is 12.4. The number of aromatic nitrogens is 2. The molecule has 0 saturated heterocycles. The Balaban J connectivity index is 2.15. The fraction of sp³-hybridized carbons (Fsp3) is 0.600. The van der Waals surface area contributed by atoms with Gasteiger partial charge in [0.05, 0.1) is 17.8 Å². The first-order valence-corrected chi connectivity index (χ1v) is 5.87. The van der Waals surface area contributed by atoms with Crippen molar-refractivity contribution in [1.82, 2.24) is 15.1 Å². The summed E-state index contributed by atoms with van der Waals surface area (Å²) in [6.07, 6.45) is -0.873. The predicted molar refractivity (Wildman–Crippen MR) is 62.0 cm³/mol. The van der Waals surface area contributed by atoms with Gasteiger partial charge in [0.25, 0.3) is 0 Å². The summed E-state index contributed by atoms with van der Waals surface area (Å²) in [6, 6.07) is 0. The molecule has 0 aliphatic carbocycles. The topological polar surface area (TPSA) is 56.1 Å². The molecular formula is C10H12ClF4N3O2. The molecule has 0 aromatic carbocycles. The summed E-state index contributed by atoms with van der Waals surface area (Å²) in [7, 11) is 0. The number of rotatable bonds is 8. The van der Waals surface area contributed by atoms with Crippen LogP contribution >= 0.6 is 11.6 Å². The van der Waals surface area contributed by atoms with Crippen molar-refractivity contribution in [2.75, 3.05) is 19.8 Å². The maximum Gasteiger partial charge on any atom is 0.330 e. The molecule has 0 aliphatic heterocycles. The molecule has 0 aliphatic rings. The molecule has 114 valence electrons. The molecule has 0 bridgehead atoms. The highest BCUT2D eigenvalue weighted by Crippen LogP contribution is 2.22. The van der Waals surface area contributed by atoms with Gasteiger partial charge in [-0.3, -0.25) is 9.48 Å². The summed E-state index contributed by atoms with van der Waals surface area (Å²) >= 11 is 5.62. The van der Waals surface area contributed by atoms with Crippen LogP contribution in [0.1, 0.15) is 0 Å². The summed E-state index contributed by atoms with van der Waals surface area (Å²) in [5.41, 5.74) is 0. The van der Waals surface area contributed by atoms with Crippen LogP contribution in [0.3, 0.4) is 0 Å².